The Hall–Kier alpha value is -0.671. The number of hydrogen-bond acceptors (Lipinski definition) is 0. The summed E-state index contributed by atoms with van der Waals surface area (Å²) < 4.78 is 3.92. The van der Waals surface area contributed by atoms with E-state index in [0.717, 1.165) is 15.1 Å². The van der Waals surface area contributed by atoms with Crippen molar-refractivity contribution in [2.75, 3.05) is 0 Å². The van der Waals surface area contributed by atoms with Gasteiger partial charge in [-0.25, -0.2) is 0 Å². The van der Waals surface area contributed by atoms with Gasteiger partial charge in [0, 0.05) is 0 Å². The van der Waals surface area contributed by atoms with Gasteiger partial charge in [-0.15, -0.1) is 0 Å². The second-order valence-electron chi connectivity index (χ2n) is 4.91. The predicted molar refractivity (Wildman–Crippen MR) is 99.0 cm³/mol. The van der Waals surface area contributed by atoms with Gasteiger partial charge >= 0.3 is 153 Å². The van der Waals surface area contributed by atoms with Crippen LogP contribution in [0.25, 0.3) is 0 Å². The fraction of sp³-hybridized carbons (Fsp3) is 0. The first-order valence-electron chi connectivity index (χ1n) is 6.78. The monoisotopic (exact) mass is 453 g/mol. The molecule has 22 heavy (non-hydrogen) atoms. The Balaban J connectivity index is 2.18. The molecule has 0 spiro atoms. The molecule has 0 atom stereocenters. The van der Waals surface area contributed by atoms with Crippen LogP contribution in [0.1, 0.15) is 0 Å². The van der Waals surface area contributed by atoms with Crippen molar-refractivity contribution >= 4 is 65.3 Å². The molecule has 0 saturated heterocycles. The third-order valence-corrected chi connectivity index (χ3v) is 11.7. The maximum atomic E-state index is 6.21. The molecule has 0 aliphatic heterocycles. The Morgan fingerprint density at radius 1 is 0.500 bits per heavy atom. The van der Waals surface area contributed by atoms with E-state index in [1.165, 1.54) is 10.7 Å². The van der Waals surface area contributed by atoms with Crippen molar-refractivity contribution in [1.82, 2.24) is 0 Å². The first-order chi connectivity index (χ1) is 10.6. The number of benzene rings is 3. The van der Waals surface area contributed by atoms with Crippen LogP contribution in [-0.2, 0) is 0 Å². The SMILES string of the molecule is Clc1ccc[c]([Sn]([c]2cccc(Cl)c2)[c]2cccc(Cl)c2)c1. The third kappa shape index (κ3) is 3.80. The van der Waals surface area contributed by atoms with E-state index >= 15 is 0 Å². The quantitative estimate of drug-likeness (QED) is 0.523. The van der Waals surface area contributed by atoms with Crippen molar-refractivity contribution < 1.29 is 0 Å². The zero-order valence-electron chi connectivity index (χ0n) is 11.6. The maximum absolute atomic E-state index is 6.21. The summed E-state index contributed by atoms with van der Waals surface area (Å²) in [7, 11) is 0. The van der Waals surface area contributed by atoms with Gasteiger partial charge in [-0.3, -0.25) is 0 Å². The van der Waals surface area contributed by atoms with E-state index in [4.69, 9.17) is 34.8 Å². The molecule has 0 nitrogen and oxygen atoms in total. The molecule has 3 aromatic rings. The van der Waals surface area contributed by atoms with Crippen LogP contribution in [-0.4, -0.2) is 19.8 Å². The molecule has 3 aromatic carbocycles. The number of hydrogen-bond donors (Lipinski definition) is 0. The summed E-state index contributed by atoms with van der Waals surface area (Å²) in [4.78, 5) is 0. The molecule has 0 aromatic heterocycles. The van der Waals surface area contributed by atoms with Gasteiger partial charge in [0.2, 0.25) is 0 Å². The first kappa shape index (κ1) is 16.2. The molecule has 0 aliphatic carbocycles. The Labute approximate surface area is 152 Å². The van der Waals surface area contributed by atoms with E-state index in [0.29, 0.717) is 0 Å². The zero-order valence-corrected chi connectivity index (χ0v) is 16.7. The van der Waals surface area contributed by atoms with E-state index in [1.807, 2.05) is 36.4 Å². The van der Waals surface area contributed by atoms with Gasteiger partial charge in [0.1, 0.15) is 0 Å². The van der Waals surface area contributed by atoms with E-state index in [-0.39, 0.29) is 0 Å². The number of rotatable bonds is 3. The zero-order chi connectivity index (χ0) is 15.5. The van der Waals surface area contributed by atoms with Crippen LogP contribution in [0.15, 0.2) is 72.8 Å². The van der Waals surface area contributed by atoms with Gasteiger partial charge in [-0.05, 0) is 0 Å². The van der Waals surface area contributed by atoms with Crippen molar-refractivity contribution in [3.05, 3.63) is 87.9 Å². The fourth-order valence-electron chi connectivity index (χ4n) is 2.43. The summed E-state index contributed by atoms with van der Waals surface area (Å²) in [5.74, 6) is 0. The van der Waals surface area contributed by atoms with Gasteiger partial charge < -0.3 is 0 Å². The normalized spacial score (nSPS) is 10.9. The molecule has 0 saturated carbocycles. The van der Waals surface area contributed by atoms with Crippen molar-refractivity contribution in [3.63, 3.8) is 0 Å². The molecule has 1 radical (unpaired) electrons. The van der Waals surface area contributed by atoms with Gasteiger partial charge in [0.15, 0.2) is 0 Å². The first-order valence-corrected chi connectivity index (χ1v) is 12.2. The Morgan fingerprint density at radius 3 is 1.09 bits per heavy atom. The van der Waals surface area contributed by atoms with Crippen molar-refractivity contribution in [2.24, 2.45) is 0 Å². The van der Waals surface area contributed by atoms with Crippen LogP contribution < -0.4 is 10.7 Å². The minimum absolute atomic E-state index is 0.764. The van der Waals surface area contributed by atoms with Crippen LogP contribution in [0.5, 0.6) is 0 Å². The van der Waals surface area contributed by atoms with Gasteiger partial charge in [0.05, 0.1) is 0 Å². The van der Waals surface area contributed by atoms with Crippen LogP contribution in [0, 0.1) is 0 Å². The Bertz CT molecular complexity index is 693. The van der Waals surface area contributed by atoms with Gasteiger partial charge in [-0.1, -0.05) is 0 Å². The van der Waals surface area contributed by atoms with E-state index < -0.39 is 19.8 Å². The molecule has 0 amide bonds. The molecule has 0 N–H and O–H groups in total. The molecular weight excluding hydrogens is 441 g/mol. The minimum atomic E-state index is -2.35. The molecule has 4 heteroatoms. The summed E-state index contributed by atoms with van der Waals surface area (Å²) in [6, 6.07) is 24.4. The topological polar surface area (TPSA) is 0 Å². The van der Waals surface area contributed by atoms with Crippen molar-refractivity contribution in [2.45, 2.75) is 0 Å². The molecule has 0 unspecified atom stereocenters. The van der Waals surface area contributed by atoms with Gasteiger partial charge in [-0.2, -0.15) is 0 Å². The van der Waals surface area contributed by atoms with Crippen molar-refractivity contribution in [1.29, 1.82) is 0 Å². The second-order valence-corrected chi connectivity index (χ2v) is 13.3. The molecular formula is C18H12Cl3Sn. The molecule has 3 rings (SSSR count). The molecule has 0 fully saturated rings. The van der Waals surface area contributed by atoms with Crippen LogP contribution >= 0.6 is 34.8 Å². The molecule has 0 heterocycles. The average molecular weight is 453 g/mol. The van der Waals surface area contributed by atoms with E-state index in [2.05, 4.69) is 36.4 Å². The van der Waals surface area contributed by atoms with Crippen LogP contribution in [0.4, 0.5) is 0 Å². The van der Waals surface area contributed by atoms with Crippen LogP contribution in [0.2, 0.25) is 15.1 Å². The average Bonchev–Trinajstić information content (AvgIpc) is 2.48. The van der Waals surface area contributed by atoms with E-state index in [9.17, 15) is 0 Å². The summed E-state index contributed by atoms with van der Waals surface area (Å²) in [5, 5.41) is 2.29. The standard InChI is InChI=1S/3C6H4Cl.Sn/c3*7-6-4-2-1-3-5-6;/h3*1-2,4-5H;. The summed E-state index contributed by atoms with van der Waals surface area (Å²) >= 11 is 16.3. The summed E-state index contributed by atoms with van der Waals surface area (Å²) in [6.45, 7) is 0. The Morgan fingerprint density at radius 2 is 0.818 bits per heavy atom. The van der Waals surface area contributed by atoms with Crippen LogP contribution in [0.3, 0.4) is 0 Å². The van der Waals surface area contributed by atoms with E-state index in [1.54, 1.807) is 0 Å². The number of halogens is 3. The summed E-state index contributed by atoms with van der Waals surface area (Å²) in [5.41, 5.74) is 0. The fourth-order valence-corrected chi connectivity index (χ4v) is 11.5. The third-order valence-electron chi connectivity index (χ3n) is 3.34. The molecule has 109 valence electrons. The molecule has 0 bridgehead atoms. The summed E-state index contributed by atoms with van der Waals surface area (Å²) in [6.07, 6.45) is 0. The predicted octanol–water partition coefficient (Wildman–Crippen LogP) is 4.16. The van der Waals surface area contributed by atoms with Crippen molar-refractivity contribution in [3.8, 4) is 0 Å². The second kappa shape index (κ2) is 7.27. The molecule has 0 aliphatic rings. The van der Waals surface area contributed by atoms with Gasteiger partial charge in [0.25, 0.3) is 0 Å². The Kier molecular flexibility index (Phi) is 5.35.